The highest BCUT2D eigenvalue weighted by atomic mass is 16.2. The predicted octanol–water partition coefficient (Wildman–Crippen LogP) is 5.15. The molecule has 3 aliphatic rings. The highest BCUT2D eigenvalue weighted by molar-refractivity contribution is 6.16. The van der Waals surface area contributed by atoms with Crippen LogP contribution in [-0.4, -0.2) is 65.9 Å². The van der Waals surface area contributed by atoms with Crippen molar-refractivity contribution in [2.75, 3.05) is 41.3 Å². The van der Waals surface area contributed by atoms with Crippen molar-refractivity contribution in [1.29, 1.82) is 0 Å². The number of fused-ring (bicyclic) bond motifs is 1. The van der Waals surface area contributed by atoms with Gasteiger partial charge in [0.2, 0.25) is 11.8 Å². The molecule has 5 rings (SSSR count). The monoisotopic (exact) mass is 531 g/mol. The molecule has 9 heteroatoms. The van der Waals surface area contributed by atoms with E-state index in [0.717, 1.165) is 61.8 Å². The summed E-state index contributed by atoms with van der Waals surface area (Å²) in [6.07, 6.45) is 7.74. The van der Waals surface area contributed by atoms with Crippen LogP contribution in [0.4, 0.5) is 26.7 Å². The number of urea groups is 2. The van der Waals surface area contributed by atoms with Crippen molar-refractivity contribution in [3.05, 3.63) is 54.1 Å². The number of carbonyl (C=O) groups excluding carboxylic acids is 4. The fourth-order valence-electron chi connectivity index (χ4n) is 5.89. The van der Waals surface area contributed by atoms with Gasteiger partial charge < -0.3 is 10.2 Å². The van der Waals surface area contributed by atoms with Crippen molar-refractivity contribution < 1.29 is 19.2 Å². The predicted molar refractivity (Wildman–Crippen MR) is 151 cm³/mol. The third kappa shape index (κ3) is 5.92. The topological polar surface area (TPSA) is 93.3 Å². The molecule has 0 aromatic heterocycles. The number of hydrogen-bond acceptors (Lipinski definition) is 4. The second-order valence-corrected chi connectivity index (χ2v) is 10.7. The van der Waals surface area contributed by atoms with E-state index in [1.807, 2.05) is 43.3 Å². The molecule has 0 unspecified atom stereocenters. The number of hydrogen-bond donors (Lipinski definition) is 1. The lowest BCUT2D eigenvalue weighted by molar-refractivity contribution is -0.128. The number of aryl methyl sites for hydroxylation is 1. The lowest BCUT2D eigenvalue weighted by Gasteiger charge is -2.33. The minimum Gasteiger partial charge on any atom is -0.341 e. The number of likely N-dealkylation sites (tertiary alicyclic amines) is 1. The fraction of sp³-hybridized carbons (Fsp3) is 0.467. The molecule has 6 amide bonds. The van der Waals surface area contributed by atoms with Gasteiger partial charge in [0.05, 0.1) is 11.4 Å². The minimum atomic E-state index is -0.657. The molecule has 0 spiro atoms. The molecule has 2 aromatic carbocycles. The van der Waals surface area contributed by atoms with E-state index in [1.165, 1.54) is 4.90 Å². The third-order valence-corrected chi connectivity index (χ3v) is 7.88. The summed E-state index contributed by atoms with van der Waals surface area (Å²) in [6, 6.07) is 13.4. The second kappa shape index (κ2) is 11.9. The molecular weight excluding hydrogens is 494 g/mol. The van der Waals surface area contributed by atoms with Crippen molar-refractivity contribution in [2.45, 2.75) is 64.3 Å². The van der Waals surface area contributed by atoms with Crippen LogP contribution in [0.3, 0.4) is 0 Å². The molecule has 1 N–H and O–H groups in total. The SMILES string of the molecule is Cc1cccc(NC(=O)CN2C(=O)N(CC(=O)N3CCCC3)c3ccccc3N(C3CCCCCC3)C2=O)c1. The fourth-order valence-corrected chi connectivity index (χ4v) is 5.89. The maximum absolute atomic E-state index is 14.2. The molecule has 2 aromatic rings. The van der Waals surface area contributed by atoms with Gasteiger partial charge in [0, 0.05) is 24.8 Å². The van der Waals surface area contributed by atoms with Gasteiger partial charge in [-0.25, -0.2) is 14.5 Å². The Morgan fingerprint density at radius 1 is 0.795 bits per heavy atom. The number of amides is 6. The van der Waals surface area contributed by atoms with Crippen molar-refractivity contribution in [3.63, 3.8) is 0 Å². The molecule has 0 atom stereocenters. The zero-order chi connectivity index (χ0) is 27.4. The van der Waals surface area contributed by atoms with Gasteiger partial charge >= 0.3 is 12.1 Å². The lowest BCUT2D eigenvalue weighted by Crippen LogP contribution is -2.54. The first-order chi connectivity index (χ1) is 18.9. The smallest absolute Gasteiger partial charge is 0.333 e. The Balaban J connectivity index is 1.50. The Hall–Kier alpha value is -3.88. The van der Waals surface area contributed by atoms with E-state index in [4.69, 9.17) is 0 Å². The summed E-state index contributed by atoms with van der Waals surface area (Å²) in [5.74, 6) is -0.630. The molecule has 206 valence electrons. The van der Waals surface area contributed by atoms with E-state index in [1.54, 1.807) is 21.9 Å². The lowest BCUT2D eigenvalue weighted by atomic mass is 10.1. The van der Waals surface area contributed by atoms with Crippen LogP contribution < -0.4 is 15.1 Å². The standard InChI is InChI=1S/C30H37N5O4/c1-22-11-10-12-23(19-22)31-27(36)20-34-29(38)33(21-28(37)32-17-8-9-18-32)25-15-6-7-16-26(25)35(30(34)39)24-13-4-2-3-5-14-24/h6-7,10-12,15-16,19,24H,2-5,8-9,13-14,17-18,20-21H2,1H3,(H,31,36). The van der Waals surface area contributed by atoms with Gasteiger partial charge in [-0.1, -0.05) is 49.9 Å². The Bertz CT molecular complexity index is 1230. The Kier molecular flexibility index (Phi) is 8.14. The highest BCUT2D eigenvalue weighted by Gasteiger charge is 2.42. The molecule has 1 saturated heterocycles. The molecule has 9 nitrogen and oxygen atoms in total. The Morgan fingerprint density at radius 2 is 1.49 bits per heavy atom. The first kappa shape index (κ1) is 26.7. The molecular formula is C30H37N5O4. The van der Waals surface area contributed by atoms with Crippen molar-refractivity contribution in [2.24, 2.45) is 0 Å². The number of nitrogens with one attached hydrogen (secondary N) is 1. The first-order valence-corrected chi connectivity index (χ1v) is 14.1. The molecule has 1 aliphatic carbocycles. The van der Waals surface area contributed by atoms with E-state index in [9.17, 15) is 19.2 Å². The van der Waals surface area contributed by atoms with Crippen LogP contribution in [-0.2, 0) is 9.59 Å². The van der Waals surface area contributed by atoms with Crippen LogP contribution in [0, 0.1) is 6.92 Å². The quantitative estimate of drug-likeness (QED) is 0.522. The number of para-hydroxylation sites is 2. The molecule has 39 heavy (non-hydrogen) atoms. The van der Waals surface area contributed by atoms with Gasteiger partial charge in [-0.3, -0.25) is 19.4 Å². The van der Waals surface area contributed by atoms with Crippen LogP contribution in [0.2, 0.25) is 0 Å². The van der Waals surface area contributed by atoms with Gasteiger partial charge in [-0.05, 0) is 62.4 Å². The summed E-state index contributed by atoms with van der Waals surface area (Å²) in [5.41, 5.74) is 2.71. The summed E-state index contributed by atoms with van der Waals surface area (Å²) in [4.78, 5) is 60.5. The summed E-state index contributed by atoms with van der Waals surface area (Å²) >= 11 is 0. The van der Waals surface area contributed by atoms with Gasteiger partial charge in [-0.2, -0.15) is 0 Å². The minimum absolute atomic E-state index is 0.0921. The number of carbonyl (C=O) groups is 4. The van der Waals surface area contributed by atoms with Gasteiger partial charge in [0.15, 0.2) is 0 Å². The zero-order valence-corrected chi connectivity index (χ0v) is 22.6. The second-order valence-electron chi connectivity index (χ2n) is 10.7. The molecule has 0 radical (unpaired) electrons. The number of rotatable bonds is 6. The van der Waals surface area contributed by atoms with Crippen molar-refractivity contribution in [1.82, 2.24) is 9.80 Å². The average molecular weight is 532 g/mol. The average Bonchev–Trinajstić information content (AvgIpc) is 3.32. The summed E-state index contributed by atoms with van der Waals surface area (Å²) in [5, 5.41) is 2.82. The molecule has 2 fully saturated rings. The Labute approximate surface area is 229 Å². The van der Waals surface area contributed by atoms with Crippen LogP contribution in [0.25, 0.3) is 0 Å². The zero-order valence-electron chi connectivity index (χ0n) is 22.6. The molecule has 1 saturated carbocycles. The Morgan fingerprint density at radius 3 is 2.18 bits per heavy atom. The number of nitrogens with zero attached hydrogens (tertiary/aromatic N) is 4. The number of benzene rings is 2. The number of imide groups is 1. The van der Waals surface area contributed by atoms with Crippen LogP contribution in [0.1, 0.15) is 56.9 Å². The molecule has 2 heterocycles. The number of anilines is 3. The maximum Gasteiger partial charge on any atom is 0.333 e. The third-order valence-electron chi connectivity index (χ3n) is 7.88. The van der Waals surface area contributed by atoms with Crippen LogP contribution in [0.15, 0.2) is 48.5 Å². The van der Waals surface area contributed by atoms with E-state index in [-0.39, 0.29) is 18.5 Å². The summed E-state index contributed by atoms with van der Waals surface area (Å²) in [7, 11) is 0. The van der Waals surface area contributed by atoms with E-state index in [0.29, 0.717) is 30.2 Å². The largest absolute Gasteiger partial charge is 0.341 e. The van der Waals surface area contributed by atoms with E-state index >= 15 is 0 Å². The van der Waals surface area contributed by atoms with Crippen molar-refractivity contribution >= 4 is 40.9 Å². The normalized spacial score (nSPS) is 18.6. The first-order valence-electron chi connectivity index (χ1n) is 14.1. The summed E-state index contributed by atoms with van der Waals surface area (Å²) in [6.45, 7) is 2.62. The summed E-state index contributed by atoms with van der Waals surface area (Å²) < 4.78 is 0. The van der Waals surface area contributed by atoms with Gasteiger partial charge in [0.25, 0.3) is 0 Å². The van der Waals surface area contributed by atoms with Crippen molar-refractivity contribution in [3.8, 4) is 0 Å². The van der Waals surface area contributed by atoms with Crippen LogP contribution in [0.5, 0.6) is 0 Å². The highest BCUT2D eigenvalue weighted by Crippen LogP contribution is 2.38. The van der Waals surface area contributed by atoms with Gasteiger partial charge in [0.1, 0.15) is 13.1 Å². The van der Waals surface area contributed by atoms with Gasteiger partial charge in [-0.15, -0.1) is 0 Å². The maximum atomic E-state index is 14.2. The molecule has 2 aliphatic heterocycles. The molecule has 0 bridgehead atoms. The van der Waals surface area contributed by atoms with E-state index in [2.05, 4.69) is 5.32 Å². The van der Waals surface area contributed by atoms with E-state index < -0.39 is 24.5 Å². The van der Waals surface area contributed by atoms with Crippen LogP contribution >= 0.6 is 0 Å².